The van der Waals surface area contributed by atoms with Crippen LogP contribution >= 0.6 is 11.6 Å². The molecule has 23 heavy (non-hydrogen) atoms. The van der Waals surface area contributed by atoms with E-state index in [1.54, 1.807) is 18.6 Å². The molecule has 1 aromatic carbocycles. The van der Waals surface area contributed by atoms with Crippen LogP contribution in [0, 0.1) is 0 Å². The number of aliphatic hydroxyl groups is 1. The Bertz CT molecular complexity index is 830. The average molecular weight is 332 g/mol. The second kappa shape index (κ2) is 5.25. The number of aromatic amines is 1. The Kier molecular flexibility index (Phi) is 3.32. The fraction of sp³-hybridized carbons (Fsp3) is 0.375. The van der Waals surface area contributed by atoms with E-state index in [4.69, 9.17) is 11.6 Å². The number of hydrogen-bond acceptors (Lipinski definition) is 4. The molecule has 7 heteroatoms. The highest BCUT2D eigenvalue weighted by molar-refractivity contribution is 6.34. The van der Waals surface area contributed by atoms with Crippen molar-refractivity contribution in [1.29, 1.82) is 0 Å². The highest BCUT2D eigenvalue weighted by Gasteiger charge is 2.28. The summed E-state index contributed by atoms with van der Waals surface area (Å²) < 4.78 is 1.85. The molecule has 6 nitrogen and oxygen atoms in total. The first kappa shape index (κ1) is 14.5. The number of aromatic nitrogens is 4. The lowest BCUT2D eigenvalue weighted by Gasteiger charge is -2.37. The largest absolute Gasteiger partial charge is 0.390 e. The third kappa shape index (κ3) is 2.58. The van der Waals surface area contributed by atoms with Crippen molar-refractivity contribution in [1.82, 2.24) is 20.0 Å². The number of halogens is 1. The topological polar surface area (TPSA) is 70.0 Å². The van der Waals surface area contributed by atoms with Crippen LogP contribution in [0.25, 0.3) is 16.6 Å². The van der Waals surface area contributed by atoms with Crippen molar-refractivity contribution in [3.8, 4) is 5.69 Å². The molecule has 0 spiro atoms. The van der Waals surface area contributed by atoms with Gasteiger partial charge in [0, 0.05) is 24.7 Å². The Balaban J connectivity index is 1.76. The highest BCUT2D eigenvalue weighted by atomic mass is 35.5. The number of H-pyrrole nitrogens is 1. The normalized spacial score (nSPS) is 17.8. The van der Waals surface area contributed by atoms with E-state index in [9.17, 15) is 5.11 Å². The maximum atomic E-state index is 10.1. The Labute approximate surface area is 138 Å². The Morgan fingerprint density at radius 3 is 2.74 bits per heavy atom. The summed E-state index contributed by atoms with van der Waals surface area (Å²) in [7, 11) is 0. The molecule has 0 bridgehead atoms. The van der Waals surface area contributed by atoms with Gasteiger partial charge in [-0.1, -0.05) is 11.6 Å². The van der Waals surface area contributed by atoms with Crippen molar-refractivity contribution >= 4 is 28.2 Å². The summed E-state index contributed by atoms with van der Waals surface area (Å²) in [4.78, 5) is 2.23. The minimum Gasteiger partial charge on any atom is -0.390 e. The van der Waals surface area contributed by atoms with Crippen LogP contribution in [-0.2, 0) is 0 Å². The van der Waals surface area contributed by atoms with Crippen LogP contribution in [0.1, 0.15) is 19.8 Å². The van der Waals surface area contributed by atoms with Crippen molar-refractivity contribution < 1.29 is 5.11 Å². The van der Waals surface area contributed by atoms with Crippen LogP contribution in [0.5, 0.6) is 0 Å². The van der Waals surface area contributed by atoms with E-state index in [0.29, 0.717) is 5.02 Å². The first-order valence-electron chi connectivity index (χ1n) is 7.67. The van der Waals surface area contributed by atoms with Crippen molar-refractivity contribution in [3.05, 3.63) is 35.7 Å². The SMILES string of the molecule is CC1(O)CCN(c2cc3c(cnn3-c3cn[nH]c3)cc2Cl)CC1. The van der Waals surface area contributed by atoms with Crippen molar-refractivity contribution in [2.24, 2.45) is 0 Å². The summed E-state index contributed by atoms with van der Waals surface area (Å²) in [5.41, 5.74) is 2.28. The predicted molar refractivity (Wildman–Crippen MR) is 90.3 cm³/mol. The number of hydrogen-bond donors (Lipinski definition) is 2. The number of rotatable bonds is 2. The molecule has 3 aromatic rings. The van der Waals surface area contributed by atoms with Gasteiger partial charge >= 0.3 is 0 Å². The molecular formula is C16H18ClN5O. The molecule has 0 amide bonds. The van der Waals surface area contributed by atoms with Gasteiger partial charge in [0.1, 0.15) is 5.69 Å². The lowest BCUT2D eigenvalue weighted by Crippen LogP contribution is -2.42. The molecule has 0 atom stereocenters. The van der Waals surface area contributed by atoms with Gasteiger partial charge in [0.05, 0.1) is 34.2 Å². The van der Waals surface area contributed by atoms with Gasteiger partial charge in [-0.05, 0) is 31.9 Å². The molecule has 0 radical (unpaired) electrons. The average Bonchev–Trinajstić information content (AvgIpc) is 3.15. The summed E-state index contributed by atoms with van der Waals surface area (Å²) in [6.45, 7) is 3.47. The maximum absolute atomic E-state index is 10.1. The molecule has 2 aromatic heterocycles. The third-order valence-corrected chi connectivity index (χ3v) is 4.85. The van der Waals surface area contributed by atoms with Gasteiger partial charge in [-0.3, -0.25) is 5.10 Å². The van der Waals surface area contributed by atoms with E-state index >= 15 is 0 Å². The van der Waals surface area contributed by atoms with Gasteiger partial charge in [-0.15, -0.1) is 0 Å². The fourth-order valence-corrected chi connectivity index (χ4v) is 3.36. The molecule has 4 rings (SSSR count). The number of benzene rings is 1. The quantitative estimate of drug-likeness (QED) is 0.757. The fourth-order valence-electron chi connectivity index (χ4n) is 3.07. The molecule has 120 valence electrons. The molecule has 0 unspecified atom stereocenters. The van der Waals surface area contributed by atoms with E-state index < -0.39 is 5.60 Å². The van der Waals surface area contributed by atoms with Crippen molar-refractivity contribution in [3.63, 3.8) is 0 Å². The first-order chi connectivity index (χ1) is 11.0. The summed E-state index contributed by atoms with van der Waals surface area (Å²) in [5.74, 6) is 0. The van der Waals surface area contributed by atoms with Gasteiger partial charge in [0.2, 0.25) is 0 Å². The first-order valence-corrected chi connectivity index (χ1v) is 8.05. The van der Waals surface area contributed by atoms with Gasteiger partial charge in [0.15, 0.2) is 0 Å². The van der Waals surface area contributed by atoms with E-state index in [-0.39, 0.29) is 0 Å². The van der Waals surface area contributed by atoms with Crippen molar-refractivity contribution in [2.45, 2.75) is 25.4 Å². The summed E-state index contributed by atoms with van der Waals surface area (Å²) in [5, 5.41) is 23.0. The zero-order chi connectivity index (χ0) is 16.0. The molecule has 0 aliphatic carbocycles. The monoisotopic (exact) mass is 331 g/mol. The molecule has 1 fully saturated rings. The predicted octanol–water partition coefficient (Wildman–Crippen LogP) is 2.75. The number of nitrogens with one attached hydrogen (secondary N) is 1. The minimum absolute atomic E-state index is 0.578. The highest BCUT2D eigenvalue weighted by Crippen LogP contribution is 2.34. The number of piperidine rings is 1. The molecule has 2 N–H and O–H groups in total. The summed E-state index contributed by atoms with van der Waals surface area (Å²) in [6.07, 6.45) is 6.82. The van der Waals surface area contributed by atoms with Crippen LogP contribution < -0.4 is 4.90 Å². The van der Waals surface area contributed by atoms with Gasteiger partial charge in [-0.2, -0.15) is 10.2 Å². The smallest absolute Gasteiger partial charge is 0.103 e. The van der Waals surface area contributed by atoms with Gasteiger partial charge in [0.25, 0.3) is 0 Å². The maximum Gasteiger partial charge on any atom is 0.103 e. The zero-order valence-electron chi connectivity index (χ0n) is 12.8. The molecule has 1 aliphatic rings. The van der Waals surface area contributed by atoms with Crippen LogP contribution in [0.2, 0.25) is 5.02 Å². The zero-order valence-corrected chi connectivity index (χ0v) is 13.6. The van der Waals surface area contributed by atoms with E-state index in [1.807, 2.05) is 17.7 Å². The Morgan fingerprint density at radius 1 is 1.26 bits per heavy atom. The summed E-state index contributed by atoms with van der Waals surface area (Å²) >= 11 is 6.48. The number of nitrogens with zero attached hydrogens (tertiary/aromatic N) is 4. The van der Waals surface area contributed by atoms with E-state index in [0.717, 1.165) is 48.2 Å². The molecular weight excluding hydrogens is 314 g/mol. The Hall–Kier alpha value is -2.05. The van der Waals surface area contributed by atoms with Crippen molar-refractivity contribution in [2.75, 3.05) is 18.0 Å². The van der Waals surface area contributed by atoms with Crippen LogP contribution in [0.15, 0.2) is 30.7 Å². The second-order valence-electron chi connectivity index (χ2n) is 6.36. The minimum atomic E-state index is -0.578. The number of fused-ring (bicyclic) bond motifs is 1. The van der Waals surface area contributed by atoms with Gasteiger partial charge < -0.3 is 10.0 Å². The lowest BCUT2D eigenvalue weighted by molar-refractivity contribution is 0.0351. The van der Waals surface area contributed by atoms with Crippen LogP contribution in [-0.4, -0.2) is 43.8 Å². The molecule has 0 saturated carbocycles. The lowest BCUT2D eigenvalue weighted by atomic mass is 9.93. The molecule has 3 heterocycles. The van der Waals surface area contributed by atoms with Crippen LogP contribution in [0.3, 0.4) is 0 Å². The molecule has 1 aliphatic heterocycles. The van der Waals surface area contributed by atoms with Crippen LogP contribution in [0.4, 0.5) is 5.69 Å². The number of anilines is 1. The standard InChI is InChI=1S/C16H18ClN5O/c1-16(23)2-4-21(5-3-16)15-7-14-11(6-13(15)17)8-20-22(14)12-9-18-19-10-12/h6-10,23H,2-5H2,1H3,(H,18,19). The second-order valence-corrected chi connectivity index (χ2v) is 6.77. The van der Waals surface area contributed by atoms with Gasteiger partial charge in [-0.25, -0.2) is 4.68 Å². The van der Waals surface area contributed by atoms with E-state index in [1.165, 1.54) is 0 Å². The van der Waals surface area contributed by atoms with E-state index in [2.05, 4.69) is 26.3 Å². The Morgan fingerprint density at radius 2 is 2.04 bits per heavy atom. The molecule has 1 saturated heterocycles. The summed E-state index contributed by atoms with van der Waals surface area (Å²) in [6, 6.07) is 4.01. The third-order valence-electron chi connectivity index (χ3n) is 4.55.